The number of fused-ring (bicyclic) bond motifs is 1. The molecular formula is C19H24N4O2. The van der Waals surface area contributed by atoms with Crippen molar-refractivity contribution >= 4 is 11.8 Å². The highest BCUT2D eigenvalue weighted by Crippen LogP contribution is 2.14. The van der Waals surface area contributed by atoms with Gasteiger partial charge >= 0.3 is 0 Å². The number of carbonyl (C=O) groups excluding carboxylic acids is 2. The molecule has 1 aromatic carbocycles. The predicted molar refractivity (Wildman–Crippen MR) is 95.2 cm³/mol. The van der Waals surface area contributed by atoms with Crippen LogP contribution in [0.4, 0.5) is 0 Å². The second-order valence-electron chi connectivity index (χ2n) is 6.40. The topological polar surface area (TPSA) is 76.0 Å². The highest BCUT2D eigenvalue weighted by atomic mass is 16.2. The van der Waals surface area contributed by atoms with E-state index in [1.165, 1.54) is 12.8 Å². The largest absolute Gasteiger partial charge is 0.354 e. The van der Waals surface area contributed by atoms with E-state index in [1.807, 2.05) is 6.07 Å². The highest BCUT2D eigenvalue weighted by Gasteiger charge is 2.16. The Morgan fingerprint density at radius 2 is 2.04 bits per heavy atom. The summed E-state index contributed by atoms with van der Waals surface area (Å²) in [6.07, 6.45) is 6.23. The second-order valence-corrected chi connectivity index (χ2v) is 6.40. The van der Waals surface area contributed by atoms with Gasteiger partial charge in [0.25, 0.3) is 5.91 Å². The van der Waals surface area contributed by atoms with Crippen LogP contribution in [0.3, 0.4) is 0 Å². The summed E-state index contributed by atoms with van der Waals surface area (Å²) >= 11 is 0. The van der Waals surface area contributed by atoms with Gasteiger partial charge in [-0.15, -0.1) is 0 Å². The average molecular weight is 340 g/mol. The first kappa shape index (κ1) is 17.2. The molecule has 1 aliphatic rings. The van der Waals surface area contributed by atoms with Crippen molar-refractivity contribution < 1.29 is 9.59 Å². The molecular weight excluding hydrogens is 316 g/mol. The molecule has 0 saturated carbocycles. The quantitative estimate of drug-likeness (QED) is 0.840. The Hall–Kier alpha value is -2.63. The lowest BCUT2D eigenvalue weighted by molar-refractivity contribution is -0.122. The Kier molecular flexibility index (Phi) is 5.48. The number of carbonyl (C=O) groups is 2. The van der Waals surface area contributed by atoms with E-state index in [0.717, 1.165) is 24.5 Å². The van der Waals surface area contributed by atoms with E-state index in [0.29, 0.717) is 18.5 Å². The van der Waals surface area contributed by atoms with E-state index in [2.05, 4.69) is 26.4 Å². The maximum absolute atomic E-state index is 12.1. The van der Waals surface area contributed by atoms with Crippen LogP contribution in [-0.2, 0) is 24.2 Å². The summed E-state index contributed by atoms with van der Waals surface area (Å²) in [6.45, 7) is 3.24. The third kappa shape index (κ3) is 4.47. The van der Waals surface area contributed by atoms with Gasteiger partial charge in [-0.1, -0.05) is 18.2 Å². The maximum atomic E-state index is 12.1. The van der Waals surface area contributed by atoms with Crippen molar-refractivity contribution in [1.82, 2.24) is 20.2 Å². The molecule has 0 fully saturated rings. The van der Waals surface area contributed by atoms with Crippen molar-refractivity contribution in [3.8, 4) is 0 Å². The minimum Gasteiger partial charge on any atom is -0.354 e. The van der Waals surface area contributed by atoms with Gasteiger partial charge in [0.15, 0.2) is 0 Å². The number of imidazole rings is 1. The van der Waals surface area contributed by atoms with Crippen LogP contribution in [0, 0.1) is 0 Å². The summed E-state index contributed by atoms with van der Waals surface area (Å²) in [5, 5.41) is 5.58. The number of hydrogen-bond acceptors (Lipinski definition) is 3. The van der Waals surface area contributed by atoms with Crippen molar-refractivity contribution in [2.45, 2.75) is 45.2 Å². The zero-order valence-corrected chi connectivity index (χ0v) is 14.5. The fourth-order valence-electron chi connectivity index (χ4n) is 2.99. The van der Waals surface area contributed by atoms with Gasteiger partial charge < -0.3 is 15.2 Å². The number of hydrogen-bond donors (Lipinski definition) is 2. The van der Waals surface area contributed by atoms with Crippen molar-refractivity contribution in [3.63, 3.8) is 0 Å². The Bertz CT molecular complexity index is 716. The van der Waals surface area contributed by atoms with Gasteiger partial charge in [-0.25, -0.2) is 4.98 Å². The number of nitrogens with zero attached hydrogens (tertiary/aromatic N) is 2. The lowest BCUT2D eigenvalue weighted by Gasteiger charge is -2.14. The fraction of sp³-hybridized carbons (Fsp3) is 0.421. The molecule has 0 spiro atoms. The van der Waals surface area contributed by atoms with Crippen LogP contribution in [-0.4, -0.2) is 34.0 Å². The average Bonchev–Trinajstić information content (AvgIpc) is 3.05. The number of aryl methyl sites for hydroxylation is 2. The van der Waals surface area contributed by atoms with Crippen LogP contribution < -0.4 is 10.6 Å². The van der Waals surface area contributed by atoms with E-state index in [-0.39, 0.29) is 11.8 Å². The zero-order chi connectivity index (χ0) is 17.6. The van der Waals surface area contributed by atoms with Gasteiger partial charge in [0.05, 0.1) is 5.69 Å². The normalized spacial score (nSPS) is 14.4. The summed E-state index contributed by atoms with van der Waals surface area (Å²) in [6, 6.07) is 8.30. The Morgan fingerprint density at radius 1 is 1.24 bits per heavy atom. The first-order valence-corrected chi connectivity index (χ1v) is 8.82. The van der Waals surface area contributed by atoms with Crippen LogP contribution in [0.25, 0.3) is 0 Å². The molecule has 6 nitrogen and oxygen atoms in total. The summed E-state index contributed by atoms with van der Waals surface area (Å²) in [4.78, 5) is 28.8. The van der Waals surface area contributed by atoms with E-state index >= 15 is 0 Å². The number of benzene rings is 1. The third-order valence-corrected chi connectivity index (χ3v) is 4.42. The minimum absolute atomic E-state index is 0.187. The molecule has 25 heavy (non-hydrogen) atoms. The van der Waals surface area contributed by atoms with Crippen LogP contribution in [0.1, 0.15) is 41.6 Å². The molecule has 132 valence electrons. The standard InChI is InChI=1S/C19H24N4O2/c1-14(21-19(25)15-7-3-2-4-8-15)18(24)20-11-10-16-13-23-12-6-5-9-17(23)22-16/h2-4,7-8,13-14H,5-6,9-12H2,1H3,(H,20,24)(H,21,25). The van der Waals surface area contributed by atoms with Gasteiger partial charge in [0.1, 0.15) is 11.9 Å². The van der Waals surface area contributed by atoms with Gasteiger partial charge in [-0.3, -0.25) is 9.59 Å². The molecule has 1 unspecified atom stereocenters. The van der Waals surface area contributed by atoms with Gasteiger partial charge in [-0.05, 0) is 31.9 Å². The van der Waals surface area contributed by atoms with Crippen LogP contribution in [0.15, 0.2) is 36.5 Å². The first-order valence-electron chi connectivity index (χ1n) is 8.82. The zero-order valence-electron chi connectivity index (χ0n) is 14.5. The van der Waals surface area contributed by atoms with Crippen LogP contribution in [0.5, 0.6) is 0 Å². The number of amides is 2. The summed E-state index contributed by atoms with van der Waals surface area (Å²) in [5.41, 5.74) is 1.56. The van der Waals surface area contributed by atoms with Crippen molar-refractivity contribution in [3.05, 3.63) is 53.6 Å². The summed E-state index contributed by atoms with van der Waals surface area (Å²) in [5.74, 6) is 0.717. The van der Waals surface area contributed by atoms with Crippen LogP contribution >= 0.6 is 0 Å². The molecule has 2 aromatic rings. The number of rotatable bonds is 6. The van der Waals surface area contributed by atoms with Gasteiger partial charge in [0, 0.05) is 37.7 Å². The molecule has 1 aromatic heterocycles. The summed E-state index contributed by atoms with van der Waals surface area (Å²) in [7, 11) is 0. The molecule has 1 atom stereocenters. The summed E-state index contributed by atoms with van der Waals surface area (Å²) < 4.78 is 2.21. The molecule has 0 saturated heterocycles. The van der Waals surface area contributed by atoms with Gasteiger partial charge in [0.2, 0.25) is 5.91 Å². The Morgan fingerprint density at radius 3 is 2.80 bits per heavy atom. The fourth-order valence-corrected chi connectivity index (χ4v) is 2.99. The highest BCUT2D eigenvalue weighted by molar-refractivity contribution is 5.97. The van der Waals surface area contributed by atoms with Crippen molar-refractivity contribution in [1.29, 1.82) is 0 Å². The van der Waals surface area contributed by atoms with Gasteiger partial charge in [-0.2, -0.15) is 0 Å². The molecule has 0 bridgehead atoms. The maximum Gasteiger partial charge on any atom is 0.251 e. The number of nitrogens with one attached hydrogen (secondary N) is 2. The first-order chi connectivity index (χ1) is 12.1. The lowest BCUT2D eigenvalue weighted by Crippen LogP contribution is -2.45. The SMILES string of the molecule is CC(NC(=O)c1ccccc1)C(=O)NCCc1cn2c(n1)CCCC2. The molecule has 0 aliphatic carbocycles. The van der Waals surface area contributed by atoms with Crippen molar-refractivity contribution in [2.75, 3.05) is 6.54 Å². The molecule has 2 amide bonds. The Balaban J connectivity index is 1.44. The van der Waals surface area contributed by atoms with E-state index in [9.17, 15) is 9.59 Å². The predicted octanol–water partition coefficient (Wildman–Crippen LogP) is 1.70. The van der Waals surface area contributed by atoms with E-state index < -0.39 is 6.04 Å². The smallest absolute Gasteiger partial charge is 0.251 e. The van der Waals surface area contributed by atoms with E-state index in [4.69, 9.17) is 0 Å². The lowest BCUT2D eigenvalue weighted by atomic mass is 10.2. The minimum atomic E-state index is -0.581. The Labute approximate surface area is 147 Å². The third-order valence-electron chi connectivity index (χ3n) is 4.42. The molecule has 6 heteroatoms. The molecule has 2 heterocycles. The second kappa shape index (κ2) is 7.96. The molecule has 0 radical (unpaired) electrons. The molecule has 1 aliphatic heterocycles. The van der Waals surface area contributed by atoms with Crippen LogP contribution in [0.2, 0.25) is 0 Å². The molecule has 3 rings (SSSR count). The number of aromatic nitrogens is 2. The monoisotopic (exact) mass is 340 g/mol. The van der Waals surface area contributed by atoms with Crippen molar-refractivity contribution in [2.24, 2.45) is 0 Å². The van der Waals surface area contributed by atoms with E-state index in [1.54, 1.807) is 31.2 Å². The molecule has 2 N–H and O–H groups in total.